The summed E-state index contributed by atoms with van der Waals surface area (Å²) in [5, 5.41) is 6.18. The molecule has 2 aromatic carbocycles. The monoisotopic (exact) mass is 242 g/mol. The van der Waals surface area contributed by atoms with E-state index in [1.54, 1.807) is 0 Å². The summed E-state index contributed by atoms with van der Waals surface area (Å²) in [6.45, 7) is 4.30. The summed E-state index contributed by atoms with van der Waals surface area (Å²) in [4.78, 5) is 2.19. The molecule has 0 radical (unpaired) electrons. The smallest absolute Gasteiger partial charge is 0.0292 e. The first kappa shape index (κ1) is 13.1. The molecule has 0 fully saturated rings. The summed E-state index contributed by atoms with van der Waals surface area (Å²) in [6.07, 6.45) is 0. The fourth-order valence-electron chi connectivity index (χ4n) is 2.10. The Morgan fingerprint density at radius 2 is 1.78 bits per heavy atom. The van der Waals surface area contributed by atoms with Crippen LogP contribution in [0.4, 0.5) is 0 Å². The van der Waals surface area contributed by atoms with Crippen LogP contribution in [0.2, 0.25) is 0 Å². The highest BCUT2D eigenvalue weighted by molar-refractivity contribution is 5.83. The molecular formula is C16H22N2. The maximum absolute atomic E-state index is 3.55. The number of benzene rings is 2. The van der Waals surface area contributed by atoms with E-state index < -0.39 is 0 Å². The Labute approximate surface area is 110 Å². The maximum Gasteiger partial charge on any atom is 0.0292 e. The number of nitrogens with one attached hydrogen (secondary N) is 1. The van der Waals surface area contributed by atoms with Gasteiger partial charge < -0.3 is 10.2 Å². The van der Waals surface area contributed by atoms with Crippen LogP contribution in [-0.4, -0.2) is 32.1 Å². The van der Waals surface area contributed by atoms with Gasteiger partial charge in [-0.1, -0.05) is 36.4 Å². The van der Waals surface area contributed by atoms with E-state index in [1.807, 2.05) is 0 Å². The van der Waals surface area contributed by atoms with Crippen molar-refractivity contribution >= 4 is 10.8 Å². The highest BCUT2D eigenvalue weighted by Gasteiger charge is 2.05. The maximum atomic E-state index is 3.55. The predicted molar refractivity (Wildman–Crippen MR) is 78.9 cm³/mol. The molecule has 1 unspecified atom stereocenters. The zero-order valence-corrected chi connectivity index (χ0v) is 11.5. The molecule has 0 aromatic heterocycles. The van der Waals surface area contributed by atoms with Crippen LogP contribution in [0.25, 0.3) is 10.8 Å². The second-order valence-electron chi connectivity index (χ2n) is 5.09. The molecule has 0 aliphatic rings. The lowest BCUT2D eigenvalue weighted by molar-refractivity contribution is 0.389. The third kappa shape index (κ3) is 3.31. The van der Waals surface area contributed by atoms with Gasteiger partial charge in [-0.05, 0) is 43.4 Å². The molecule has 1 atom stereocenters. The molecule has 0 spiro atoms. The molecule has 2 rings (SSSR count). The van der Waals surface area contributed by atoms with Crippen LogP contribution < -0.4 is 5.32 Å². The van der Waals surface area contributed by atoms with Gasteiger partial charge in [-0.2, -0.15) is 0 Å². The Hall–Kier alpha value is -1.38. The van der Waals surface area contributed by atoms with Crippen LogP contribution >= 0.6 is 0 Å². The summed E-state index contributed by atoms with van der Waals surface area (Å²) in [7, 11) is 4.20. The van der Waals surface area contributed by atoms with Crippen molar-refractivity contribution in [1.29, 1.82) is 0 Å². The molecule has 0 saturated heterocycles. The number of hydrogen-bond donors (Lipinski definition) is 1. The molecule has 2 nitrogen and oxygen atoms in total. The average molecular weight is 242 g/mol. The van der Waals surface area contributed by atoms with E-state index in [9.17, 15) is 0 Å². The average Bonchev–Trinajstić information content (AvgIpc) is 2.37. The van der Waals surface area contributed by atoms with Crippen molar-refractivity contribution in [3.8, 4) is 0 Å². The molecular weight excluding hydrogens is 220 g/mol. The van der Waals surface area contributed by atoms with E-state index in [1.165, 1.54) is 16.3 Å². The second kappa shape index (κ2) is 5.98. The van der Waals surface area contributed by atoms with E-state index in [2.05, 4.69) is 73.7 Å². The van der Waals surface area contributed by atoms with Crippen LogP contribution in [0.5, 0.6) is 0 Å². The quantitative estimate of drug-likeness (QED) is 0.867. The topological polar surface area (TPSA) is 15.3 Å². The van der Waals surface area contributed by atoms with Crippen molar-refractivity contribution in [3.05, 3.63) is 48.0 Å². The van der Waals surface area contributed by atoms with Crippen molar-refractivity contribution in [2.75, 3.05) is 27.2 Å². The number of likely N-dealkylation sites (N-methyl/N-ethyl adjacent to an activating group) is 1. The molecule has 1 N–H and O–H groups in total. The summed E-state index contributed by atoms with van der Waals surface area (Å²) in [6, 6.07) is 15.6. The summed E-state index contributed by atoms with van der Waals surface area (Å²) in [5.74, 6) is 0. The van der Waals surface area contributed by atoms with Gasteiger partial charge in [-0.25, -0.2) is 0 Å². The van der Waals surface area contributed by atoms with Gasteiger partial charge in [0.1, 0.15) is 0 Å². The first-order chi connectivity index (χ1) is 8.66. The van der Waals surface area contributed by atoms with E-state index >= 15 is 0 Å². The van der Waals surface area contributed by atoms with Crippen molar-refractivity contribution in [2.24, 2.45) is 0 Å². The minimum atomic E-state index is 0.398. The van der Waals surface area contributed by atoms with Gasteiger partial charge in [-0.3, -0.25) is 0 Å². The van der Waals surface area contributed by atoms with E-state index in [4.69, 9.17) is 0 Å². The molecule has 2 aromatic rings. The Morgan fingerprint density at radius 3 is 2.50 bits per heavy atom. The Kier molecular flexibility index (Phi) is 4.34. The summed E-state index contributed by atoms with van der Waals surface area (Å²) in [5.41, 5.74) is 1.35. The van der Waals surface area contributed by atoms with Crippen molar-refractivity contribution in [3.63, 3.8) is 0 Å². The standard InChI is InChI=1S/C16H22N2/c1-13(17-10-11-18(2)3)15-9-8-14-6-4-5-7-16(14)12-15/h4-9,12-13,17H,10-11H2,1-3H3. The summed E-state index contributed by atoms with van der Waals surface area (Å²) >= 11 is 0. The third-order valence-corrected chi connectivity index (χ3v) is 3.28. The van der Waals surface area contributed by atoms with Gasteiger partial charge >= 0.3 is 0 Å². The van der Waals surface area contributed by atoms with Gasteiger partial charge in [0.2, 0.25) is 0 Å². The summed E-state index contributed by atoms with van der Waals surface area (Å²) < 4.78 is 0. The second-order valence-corrected chi connectivity index (χ2v) is 5.09. The minimum Gasteiger partial charge on any atom is -0.309 e. The molecule has 0 amide bonds. The lowest BCUT2D eigenvalue weighted by atomic mass is 10.0. The van der Waals surface area contributed by atoms with Crippen molar-refractivity contribution < 1.29 is 0 Å². The highest BCUT2D eigenvalue weighted by Crippen LogP contribution is 2.19. The Bertz CT molecular complexity index is 505. The van der Waals surface area contributed by atoms with E-state index in [-0.39, 0.29) is 0 Å². The number of fused-ring (bicyclic) bond motifs is 1. The Balaban J connectivity index is 2.06. The van der Waals surface area contributed by atoms with Gasteiger partial charge in [-0.15, -0.1) is 0 Å². The SMILES string of the molecule is CC(NCCN(C)C)c1ccc2ccccc2c1. The van der Waals surface area contributed by atoms with E-state index in [0.717, 1.165) is 13.1 Å². The van der Waals surface area contributed by atoms with Crippen LogP contribution in [0.15, 0.2) is 42.5 Å². The lowest BCUT2D eigenvalue weighted by Gasteiger charge is -2.17. The normalized spacial score (nSPS) is 13.1. The molecule has 18 heavy (non-hydrogen) atoms. The largest absolute Gasteiger partial charge is 0.309 e. The predicted octanol–water partition coefficient (Wildman–Crippen LogP) is 3.05. The molecule has 96 valence electrons. The van der Waals surface area contributed by atoms with Crippen molar-refractivity contribution in [1.82, 2.24) is 10.2 Å². The fraction of sp³-hybridized carbons (Fsp3) is 0.375. The van der Waals surface area contributed by atoms with E-state index in [0.29, 0.717) is 6.04 Å². The zero-order chi connectivity index (χ0) is 13.0. The van der Waals surface area contributed by atoms with Crippen LogP contribution in [0, 0.1) is 0 Å². The van der Waals surface area contributed by atoms with Gasteiger partial charge in [0.15, 0.2) is 0 Å². The molecule has 0 bridgehead atoms. The van der Waals surface area contributed by atoms with Crippen LogP contribution in [0.3, 0.4) is 0 Å². The lowest BCUT2D eigenvalue weighted by Crippen LogP contribution is -2.28. The first-order valence-corrected chi connectivity index (χ1v) is 6.53. The van der Waals surface area contributed by atoms with Crippen LogP contribution in [-0.2, 0) is 0 Å². The van der Waals surface area contributed by atoms with Crippen LogP contribution in [0.1, 0.15) is 18.5 Å². The van der Waals surface area contributed by atoms with Gasteiger partial charge in [0, 0.05) is 19.1 Å². The minimum absolute atomic E-state index is 0.398. The highest BCUT2D eigenvalue weighted by atomic mass is 15.1. The molecule has 2 heteroatoms. The van der Waals surface area contributed by atoms with Crippen molar-refractivity contribution in [2.45, 2.75) is 13.0 Å². The Morgan fingerprint density at radius 1 is 1.06 bits per heavy atom. The molecule has 0 aliphatic heterocycles. The number of hydrogen-bond acceptors (Lipinski definition) is 2. The van der Waals surface area contributed by atoms with Gasteiger partial charge in [0.25, 0.3) is 0 Å². The molecule has 0 aliphatic carbocycles. The number of nitrogens with zero attached hydrogens (tertiary/aromatic N) is 1. The first-order valence-electron chi connectivity index (χ1n) is 6.53. The molecule has 0 saturated carbocycles. The molecule has 0 heterocycles. The zero-order valence-electron chi connectivity index (χ0n) is 11.5. The van der Waals surface area contributed by atoms with Gasteiger partial charge in [0.05, 0.1) is 0 Å². The third-order valence-electron chi connectivity index (χ3n) is 3.28. The fourth-order valence-corrected chi connectivity index (χ4v) is 2.10. The number of rotatable bonds is 5.